The number of hydrogen-bond donors (Lipinski definition) is 4. The second-order valence-electron chi connectivity index (χ2n) is 8.46. The van der Waals surface area contributed by atoms with E-state index >= 15 is 0 Å². The summed E-state index contributed by atoms with van der Waals surface area (Å²) in [6.07, 6.45) is 3.50. The number of nitriles is 1. The smallest absolute Gasteiger partial charge is 0.147 e. The number of nitrogens with one attached hydrogen (secondary N) is 4. The highest BCUT2D eigenvalue weighted by molar-refractivity contribution is 8.12. The summed E-state index contributed by atoms with van der Waals surface area (Å²) in [5, 5.41) is 20.4. The molecule has 0 amide bonds. The Morgan fingerprint density at radius 3 is 2.51 bits per heavy atom. The predicted molar refractivity (Wildman–Crippen MR) is 155 cm³/mol. The lowest BCUT2D eigenvalue weighted by molar-refractivity contribution is 0.542. The molecular weight excluding hydrogens is 481 g/mol. The highest BCUT2D eigenvalue weighted by Gasteiger charge is 2.29. The van der Waals surface area contributed by atoms with E-state index in [1.165, 1.54) is 21.4 Å². The largest absolute Gasteiger partial charge is 0.371 e. The molecule has 0 saturated heterocycles. The second kappa shape index (κ2) is 13.4. The molecule has 0 aliphatic carbocycles. The Morgan fingerprint density at radius 2 is 1.81 bits per heavy atom. The lowest BCUT2D eigenvalue weighted by atomic mass is 10.0. The highest BCUT2D eigenvalue weighted by Crippen LogP contribution is 2.43. The third-order valence-corrected chi connectivity index (χ3v) is 7.55. The Labute approximate surface area is 224 Å². The molecule has 1 aromatic heterocycles. The van der Waals surface area contributed by atoms with Crippen LogP contribution in [-0.4, -0.2) is 24.2 Å². The molecule has 2 aliphatic rings. The first-order chi connectivity index (χ1) is 18.0. The number of aromatic nitrogens is 1. The van der Waals surface area contributed by atoms with Crippen LogP contribution >= 0.6 is 11.8 Å². The van der Waals surface area contributed by atoms with Crippen LogP contribution in [0, 0.1) is 31.0 Å². The molecule has 3 aromatic rings. The van der Waals surface area contributed by atoms with Crippen molar-refractivity contribution in [2.75, 3.05) is 13.2 Å². The first-order valence-corrected chi connectivity index (χ1v) is 13.9. The van der Waals surface area contributed by atoms with Crippen molar-refractivity contribution in [1.82, 2.24) is 20.9 Å². The predicted octanol–water partition coefficient (Wildman–Crippen LogP) is 6.65. The van der Waals surface area contributed by atoms with Crippen LogP contribution in [0.3, 0.4) is 0 Å². The van der Waals surface area contributed by atoms with E-state index in [0.717, 1.165) is 46.6 Å². The summed E-state index contributed by atoms with van der Waals surface area (Å²) in [4.78, 5) is 5.67. The van der Waals surface area contributed by atoms with Crippen molar-refractivity contribution in [2.24, 2.45) is 0 Å². The van der Waals surface area contributed by atoms with E-state index in [-0.39, 0.29) is 11.9 Å². The van der Waals surface area contributed by atoms with Crippen molar-refractivity contribution in [3.05, 3.63) is 87.0 Å². The van der Waals surface area contributed by atoms with Crippen molar-refractivity contribution in [3.8, 4) is 6.07 Å². The van der Waals surface area contributed by atoms with Gasteiger partial charge in [0.05, 0.1) is 35.6 Å². The van der Waals surface area contributed by atoms with Crippen molar-refractivity contribution in [3.63, 3.8) is 0 Å². The van der Waals surface area contributed by atoms with Crippen LogP contribution in [-0.2, 0) is 12.8 Å². The van der Waals surface area contributed by atoms with Crippen LogP contribution in [0.5, 0.6) is 0 Å². The van der Waals surface area contributed by atoms with Gasteiger partial charge in [-0.05, 0) is 54.7 Å². The molecule has 1 atom stereocenters. The van der Waals surface area contributed by atoms with Crippen LogP contribution in [0.15, 0.2) is 53.2 Å². The van der Waals surface area contributed by atoms with Crippen LogP contribution in [0.2, 0.25) is 0 Å². The zero-order chi connectivity index (χ0) is 26.9. The first-order valence-electron chi connectivity index (χ1n) is 13.1. The van der Waals surface area contributed by atoms with Crippen LogP contribution in [0.4, 0.5) is 4.39 Å². The summed E-state index contributed by atoms with van der Waals surface area (Å²) in [6, 6.07) is 14.0. The van der Waals surface area contributed by atoms with E-state index in [1.807, 2.05) is 59.7 Å². The fraction of sp³-hybridized carbons (Fsp3) is 0.367. The number of hydrogen-bond acceptors (Lipinski definition) is 5. The summed E-state index contributed by atoms with van der Waals surface area (Å²) in [5.41, 5.74) is 6.08. The number of aromatic amines is 1. The molecule has 4 N–H and O–H groups in total. The number of benzene rings is 2. The minimum Gasteiger partial charge on any atom is -0.371 e. The molecule has 196 valence electrons. The molecule has 0 bridgehead atoms. The molecule has 0 fully saturated rings. The third-order valence-electron chi connectivity index (χ3n) is 6.28. The molecule has 1 unspecified atom stereocenters. The number of halogens is 1. The van der Waals surface area contributed by atoms with Crippen molar-refractivity contribution in [2.45, 2.75) is 60.4 Å². The standard InChI is InChI=1S/C26H26FN5S.2C2H6/c1-15-3-8-20(27)24-23(15)19(16(2)32-24)10-12-29-26-25-21(30-14-31-26)13-22(33-25)18-6-4-17(5-7-18)9-11-28;2*1-2/h3-8,13,21,29-32H,9-10,12,14H2,1-2H3;2*1-2H3. The van der Waals surface area contributed by atoms with Crippen molar-refractivity contribution in [1.29, 1.82) is 5.26 Å². The number of aryl methyl sites for hydroxylation is 2. The molecule has 2 aliphatic heterocycles. The maximum atomic E-state index is 14.3. The third kappa shape index (κ3) is 6.20. The van der Waals surface area contributed by atoms with E-state index < -0.39 is 0 Å². The number of fused-ring (bicyclic) bond motifs is 2. The van der Waals surface area contributed by atoms with Gasteiger partial charge in [0.25, 0.3) is 0 Å². The zero-order valence-corrected chi connectivity index (χ0v) is 23.5. The van der Waals surface area contributed by atoms with Crippen LogP contribution < -0.4 is 16.0 Å². The van der Waals surface area contributed by atoms with Gasteiger partial charge in [0.1, 0.15) is 11.6 Å². The SMILES string of the molecule is CC.CC.Cc1[nH]c2c(F)ccc(C)c2c1CCNC1=C2SC(c3ccc(CC#N)cc3)=CC2NCN1. The minimum atomic E-state index is -0.202. The van der Waals surface area contributed by atoms with Crippen molar-refractivity contribution < 1.29 is 4.39 Å². The molecule has 2 aromatic carbocycles. The molecule has 0 radical (unpaired) electrons. The Bertz CT molecular complexity index is 1310. The molecule has 7 heteroatoms. The summed E-state index contributed by atoms with van der Waals surface area (Å²) in [5.74, 6) is 0.851. The molecule has 5 rings (SSSR count). The Balaban J connectivity index is 0.000000907. The maximum absolute atomic E-state index is 14.3. The Morgan fingerprint density at radius 1 is 1.08 bits per heavy atom. The molecule has 0 saturated carbocycles. The van der Waals surface area contributed by atoms with Crippen LogP contribution in [0.1, 0.15) is 55.6 Å². The van der Waals surface area contributed by atoms with E-state index in [0.29, 0.717) is 18.6 Å². The lowest BCUT2D eigenvalue weighted by Gasteiger charge is -2.26. The van der Waals surface area contributed by atoms with Gasteiger partial charge in [-0.15, -0.1) is 0 Å². The van der Waals surface area contributed by atoms with Gasteiger partial charge in [-0.1, -0.05) is 69.8 Å². The van der Waals surface area contributed by atoms with Gasteiger partial charge in [-0.3, -0.25) is 5.32 Å². The number of thioether (sulfide) groups is 1. The lowest BCUT2D eigenvalue weighted by Crippen LogP contribution is -2.45. The highest BCUT2D eigenvalue weighted by atomic mass is 32.2. The van der Waals surface area contributed by atoms with Gasteiger partial charge >= 0.3 is 0 Å². The van der Waals surface area contributed by atoms with Gasteiger partial charge in [0.15, 0.2) is 0 Å². The van der Waals surface area contributed by atoms with Crippen molar-refractivity contribution >= 4 is 27.6 Å². The Hall–Kier alpha value is -3.21. The summed E-state index contributed by atoms with van der Waals surface area (Å²) >= 11 is 1.77. The fourth-order valence-electron chi connectivity index (χ4n) is 4.59. The van der Waals surface area contributed by atoms with Gasteiger partial charge in [0.2, 0.25) is 0 Å². The molecule has 37 heavy (non-hydrogen) atoms. The van der Waals surface area contributed by atoms with Gasteiger partial charge in [0, 0.05) is 22.5 Å². The Kier molecular flexibility index (Phi) is 10.2. The van der Waals surface area contributed by atoms with E-state index in [9.17, 15) is 4.39 Å². The van der Waals surface area contributed by atoms with E-state index in [4.69, 9.17) is 5.26 Å². The summed E-state index contributed by atoms with van der Waals surface area (Å²) < 4.78 is 14.3. The molecule has 3 heterocycles. The fourth-order valence-corrected chi connectivity index (χ4v) is 5.81. The monoisotopic (exact) mass is 519 g/mol. The molecular formula is C30H38FN5S. The van der Waals surface area contributed by atoms with E-state index in [1.54, 1.807) is 11.8 Å². The molecule has 5 nitrogen and oxygen atoms in total. The normalized spacial score (nSPS) is 15.9. The number of H-pyrrole nitrogens is 1. The average molecular weight is 520 g/mol. The minimum absolute atomic E-state index is 0.179. The van der Waals surface area contributed by atoms with Gasteiger partial charge < -0.3 is 15.6 Å². The molecule has 0 spiro atoms. The average Bonchev–Trinajstić information content (AvgIpc) is 3.52. The van der Waals surface area contributed by atoms with Gasteiger partial charge in [-0.25, -0.2) is 4.39 Å². The quantitative estimate of drug-likeness (QED) is 0.293. The summed E-state index contributed by atoms with van der Waals surface area (Å²) in [7, 11) is 0. The topological polar surface area (TPSA) is 75.7 Å². The van der Waals surface area contributed by atoms with Gasteiger partial charge in [-0.2, -0.15) is 5.26 Å². The first kappa shape index (κ1) is 28.4. The maximum Gasteiger partial charge on any atom is 0.147 e. The zero-order valence-electron chi connectivity index (χ0n) is 22.7. The second-order valence-corrected chi connectivity index (χ2v) is 9.54. The number of rotatable bonds is 6. The number of nitrogens with zero attached hydrogens (tertiary/aromatic N) is 1. The van der Waals surface area contributed by atoms with E-state index in [2.05, 4.69) is 45.2 Å². The van der Waals surface area contributed by atoms with Crippen LogP contribution in [0.25, 0.3) is 15.8 Å². The summed E-state index contributed by atoms with van der Waals surface area (Å²) in [6.45, 7) is 13.5.